The molecule has 4 rings (SSSR count). The van der Waals surface area contributed by atoms with Crippen LogP contribution in [0, 0.1) is 0 Å². The molecule has 0 spiro atoms. The van der Waals surface area contributed by atoms with E-state index in [9.17, 15) is 0 Å². The quantitative estimate of drug-likeness (QED) is 0.691. The van der Waals surface area contributed by atoms with E-state index in [1.165, 1.54) is 12.8 Å². The van der Waals surface area contributed by atoms with Crippen molar-refractivity contribution in [3.63, 3.8) is 0 Å². The van der Waals surface area contributed by atoms with E-state index >= 15 is 0 Å². The third-order valence-corrected chi connectivity index (χ3v) is 4.81. The highest BCUT2D eigenvalue weighted by molar-refractivity contribution is 6.30. The molecule has 26 heavy (non-hydrogen) atoms. The summed E-state index contributed by atoms with van der Waals surface area (Å²) in [4.78, 5) is 11.8. The Morgan fingerprint density at radius 2 is 1.65 bits per heavy atom. The Hall–Kier alpha value is -2.59. The minimum absolute atomic E-state index is 0.696. The molecule has 2 aromatic carbocycles. The van der Waals surface area contributed by atoms with Crippen LogP contribution in [0.2, 0.25) is 5.02 Å². The number of nitrogens with one attached hydrogen (secondary N) is 1. The largest absolute Gasteiger partial charge is 0.366 e. The van der Waals surface area contributed by atoms with Gasteiger partial charge in [0.15, 0.2) is 0 Å². The number of anilines is 2. The van der Waals surface area contributed by atoms with E-state index in [0.29, 0.717) is 6.54 Å². The van der Waals surface area contributed by atoms with Crippen LogP contribution >= 0.6 is 11.6 Å². The molecule has 0 unspecified atom stereocenters. The van der Waals surface area contributed by atoms with Gasteiger partial charge in [-0.15, -0.1) is 0 Å². The van der Waals surface area contributed by atoms with Crippen molar-refractivity contribution in [3.05, 3.63) is 71.2 Å². The SMILES string of the molecule is Clc1ccc(CNc2cc(-c3ccccc3)nc(N3CCCC3)n2)cc1. The molecule has 1 N–H and O–H groups in total. The number of aromatic nitrogens is 2. The van der Waals surface area contributed by atoms with Crippen LogP contribution in [-0.2, 0) is 6.54 Å². The maximum absolute atomic E-state index is 5.96. The zero-order chi connectivity index (χ0) is 17.8. The van der Waals surface area contributed by atoms with E-state index in [1.807, 2.05) is 48.5 Å². The fourth-order valence-corrected chi connectivity index (χ4v) is 3.26. The monoisotopic (exact) mass is 364 g/mol. The van der Waals surface area contributed by atoms with Crippen LogP contribution in [-0.4, -0.2) is 23.1 Å². The molecule has 0 radical (unpaired) electrons. The van der Waals surface area contributed by atoms with Crippen LogP contribution in [0.1, 0.15) is 18.4 Å². The van der Waals surface area contributed by atoms with Crippen molar-refractivity contribution >= 4 is 23.4 Å². The van der Waals surface area contributed by atoms with E-state index in [4.69, 9.17) is 21.6 Å². The van der Waals surface area contributed by atoms with E-state index in [0.717, 1.165) is 46.7 Å². The Morgan fingerprint density at radius 1 is 0.923 bits per heavy atom. The molecule has 1 aromatic heterocycles. The fourth-order valence-electron chi connectivity index (χ4n) is 3.14. The molecule has 0 atom stereocenters. The van der Waals surface area contributed by atoms with E-state index < -0.39 is 0 Å². The highest BCUT2D eigenvalue weighted by Gasteiger charge is 2.17. The van der Waals surface area contributed by atoms with Crippen molar-refractivity contribution in [2.45, 2.75) is 19.4 Å². The maximum Gasteiger partial charge on any atom is 0.227 e. The predicted octanol–water partition coefficient (Wildman–Crippen LogP) is 5.01. The molecule has 2 heterocycles. The highest BCUT2D eigenvalue weighted by Crippen LogP contribution is 2.25. The molecule has 0 bridgehead atoms. The molecule has 4 nitrogen and oxygen atoms in total. The van der Waals surface area contributed by atoms with Gasteiger partial charge in [0, 0.05) is 36.3 Å². The third kappa shape index (κ3) is 3.97. The van der Waals surface area contributed by atoms with Crippen molar-refractivity contribution in [2.24, 2.45) is 0 Å². The lowest BCUT2D eigenvalue weighted by Gasteiger charge is -2.18. The van der Waals surface area contributed by atoms with Crippen molar-refractivity contribution in [3.8, 4) is 11.3 Å². The lowest BCUT2D eigenvalue weighted by Crippen LogP contribution is -2.21. The minimum Gasteiger partial charge on any atom is -0.366 e. The predicted molar refractivity (Wildman–Crippen MR) is 108 cm³/mol. The molecule has 0 aliphatic carbocycles. The normalized spacial score (nSPS) is 13.8. The maximum atomic E-state index is 5.96. The zero-order valence-electron chi connectivity index (χ0n) is 14.5. The van der Waals surface area contributed by atoms with E-state index in [2.05, 4.69) is 22.3 Å². The van der Waals surface area contributed by atoms with Crippen LogP contribution in [0.4, 0.5) is 11.8 Å². The molecule has 5 heteroatoms. The second kappa shape index (κ2) is 7.75. The first-order valence-electron chi connectivity index (χ1n) is 8.96. The highest BCUT2D eigenvalue weighted by atomic mass is 35.5. The standard InChI is InChI=1S/C21H21ClN4/c22-18-10-8-16(9-11-18)15-23-20-14-19(17-6-2-1-3-7-17)24-21(25-20)26-12-4-5-13-26/h1-3,6-11,14H,4-5,12-13,15H2,(H,23,24,25). The van der Waals surface area contributed by atoms with Gasteiger partial charge in [0.25, 0.3) is 0 Å². The molecule has 1 aliphatic rings. The molecule has 1 fully saturated rings. The van der Waals surface area contributed by atoms with Gasteiger partial charge in [-0.2, -0.15) is 4.98 Å². The molecular formula is C21H21ClN4. The molecule has 0 saturated carbocycles. The second-order valence-corrected chi connectivity index (χ2v) is 6.92. The summed E-state index contributed by atoms with van der Waals surface area (Å²) < 4.78 is 0. The Labute approximate surface area is 158 Å². The third-order valence-electron chi connectivity index (χ3n) is 4.56. The Morgan fingerprint density at radius 3 is 2.38 bits per heavy atom. The molecular weight excluding hydrogens is 344 g/mol. The Kier molecular flexibility index (Phi) is 5.02. The number of hydrogen-bond donors (Lipinski definition) is 1. The van der Waals surface area contributed by atoms with Crippen LogP contribution in [0.5, 0.6) is 0 Å². The Bertz CT molecular complexity index is 859. The van der Waals surface area contributed by atoms with Crippen molar-refractivity contribution in [2.75, 3.05) is 23.3 Å². The molecule has 132 valence electrons. The summed E-state index contributed by atoms with van der Waals surface area (Å²) in [5.74, 6) is 1.65. The van der Waals surface area contributed by atoms with Gasteiger partial charge in [-0.3, -0.25) is 0 Å². The minimum atomic E-state index is 0.696. The first-order valence-corrected chi connectivity index (χ1v) is 9.33. The summed E-state index contributed by atoms with van der Waals surface area (Å²) in [6.45, 7) is 2.74. The molecule has 1 saturated heterocycles. The van der Waals surface area contributed by atoms with Gasteiger partial charge in [-0.25, -0.2) is 4.98 Å². The molecule has 1 aliphatic heterocycles. The molecule has 0 amide bonds. The van der Waals surface area contributed by atoms with Gasteiger partial charge < -0.3 is 10.2 Å². The number of benzene rings is 2. The van der Waals surface area contributed by atoms with Crippen molar-refractivity contribution in [1.29, 1.82) is 0 Å². The van der Waals surface area contributed by atoms with Crippen LogP contribution in [0.25, 0.3) is 11.3 Å². The zero-order valence-corrected chi connectivity index (χ0v) is 15.3. The summed E-state index contributed by atoms with van der Waals surface area (Å²) >= 11 is 5.96. The lowest BCUT2D eigenvalue weighted by molar-refractivity contribution is 0.898. The van der Waals surface area contributed by atoms with E-state index in [-0.39, 0.29) is 0 Å². The summed E-state index contributed by atoms with van der Waals surface area (Å²) in [5, 5.41) is 4.18. The lowest BCUT2D eigenvalue weighted by atomic mass is 10.1. The number of halogens is 1. The van der Waals surface area contributed by atoms with Crippen LogP contribution < -0.4 is 10.2 Å². The number of hydrogen-bond acceptors (Lipinski definition) is 4. The van der Waals surface area contributed by atoms with Crippen molar-refractivity contribution in [1.82, 2.24) is 9.97 Å². The average Bonchev–Trinajstić information content (AvgIpc) is 3.23. The first-order chi connectivity index (χ1) is 12.8. The number of rotatable bonds is 5. The topological polar surface area (TPSA) is 41.1 Å². The van der Waals surface area contributed by atoms with Crippen molar-refractivity contribution < 1.29 is 0 Å². The van der Waals surface area contributed by atoms with Gasteiger partial charge in [0.1, 0.15) is 5.82 Å². The Balaban J connectivity index is 1.61. The van der Waals surface area contributed by atoms with Crippen LogP contribution in [0.3, 0.4) is 0 Å². The number of nitrogens with zero attached hydrogens (tertiary/aromatic N) is 3. The second-order valence-electron chi connectivity index (χ2n) is 6.48. The molecule has 3 aromatic rings. The van der Waals surface area contributed by atoms with E-state index in [1.54, 1.807) is 0 Å². The van der Waals surface area contributed by atoms with Gasteiger partial charge >= 0.3 is 0 Å². The van der Waals surface area contributed by atoms with Crippen LogP contribution in [0.15, 0.2) is 60.7 Å². The average molecular weight is 365 g/mol. The van der Waals surface area contributed by atoms with Gasteiger partial charge in [-0.05, 0) is 30.5 Å². The fraction of sp³-hybridized carbons (Fsp3) is 0.238. The summed E-state index contributed by atoms with van der Waals surface area (Å²) in [7, 11) is 0. The smallest absolute Gasteiger partial charge is 0.227 e. The van der Waals surface area contributed by atoms with Gasteiger partial charge in [0.05, 0.1) is 5.69 Å². The first kappa shape index (κ1) is 16.9. The van der Waals surface area contributed by atoms with Gasteiger partial charge in [0.2, 0.25) is 5.95 Å². The summed E-state index contributed by atoms with van der Waals surface area (Å²) in [6.07, 6.45) is 2.40. The van der Waals surface area contributed by atoms with Gasteiger partial charge in [-0.1, -0.05) is 54.1 Å². The summed E-state index contributed by atoms with van der Waals surface area (Å²) in [5.41, 5.74) is 3.21. The summed E-state index contributed by atoms with van der Waals surface area (Å²) in [6, 6.07) is 20.1.